The average Bonchev–Trinajstić information content (AvgIpc) is 2.90. The Balaban J connectivity index is 1.31. The highest BCUT2D eigenvalue weighted by atomic mass is 16.6. The largest absolute Gasteiger partial charge is 0.486 e. The molecule has 2 aliphatic heterocycles. The molecule has 0 radical (unpaired) electrons. The lowest BCUT2D eigenvalue weighted by Gasteiger charge is -2.26. The molecule has 0 saturated carbocycles. The van der Waals surface area contributed by atoms with Crippen molar-refractivity contribution < 1.29 is 14.3 Å². The third kappa shape index (κ3) is 3.45. The van der Waals surface area contributed by atoms with E-state index >= 15 is 0 Å². The van der Waals surface area contributed by atoms with E-state index in [0.717, 1.165) is 43.1 Å². The summed E-state index contributed by atoms with van der Waals surface area (Å²) in [6.45, 7) is 1.83. The number of rotatable bonds is 4. The van der Waals surface area contributed by atoms with Crippen molar-refractivity contribution in [1.29, 1.82) is 0 Å². The average molecular weight is 342 g/mol. The van der Waals surface area contributed by atoms with Crippen LogP contribution in [0.2, 0.25) is 0 Å². The topological polar surface area (TPSA) is 78.3 Å². The molecule has 0 saturated heterocycles. The van der Waals surface area contributed by atoms with Crippen molar-refractivity contribution in [3.05, 3.63) is 35.9 Å². The Morgan fingerprint density at radius 1 is 1.20 bits per heavy atom. The number of nitrogens with zero attached hydrogens (tertiary/aromatic N) is 3. The molecular formula is C18H22N4O3. The molecule has 132 valence electrons. The molecule has 1 amide bonds. The Morgan fingerprint density at radius 3 is 3.00 bits per heavy atom. The predicted octanol–water partition coefficient (Wildman–Crippen LogP) is 1.96. The van der Waals surface area contributed by atoms with E-state index in [1.54, 1.807) is 0 Å². The molecule has 1 N–H and O–H groups in total. The van der Waals surface area contributed by atoms with Gasteiger partial charge in [-0.3, -0.25) is 4.79 Å². The summed E-state index contributed by atoms with van der Waals surface area (Å²) in [5.74, 6) is 2.70. The first kappa shape index (κ1) is 15.9. The standard InChI is InChI=1S/C18H22N4O3/c23-18(17-21-20-16-8-2-1-5-11-22(16)17)19-10-9-13-12-24-14-6-3-4-7-15(14)25-13/h3-4,6-7,13H,1-2,5,8-12H2,(H,19,23)/t13-/m1/s1. The van der Waals surface area contributed by atoms with Gasteiger partial charge < -0.3 is 19.4 Å². The second-order valence-corrected chi connectivity index (χ2v) is 6.44. The van der Waals surface area contributed by atoms with Gasteiger partial charge in [0.05, 0.1) is 0 Å². The zero-order valence-corrected chi connectivity index (χ0v) is 14.1. The van der Waals surface area contributed by atoms with Crippen molar-refractivity contribution in [2.45, 2.75) is 44.8 Å². The molecule has 7 heteroatoms. The van der Waals surface area contributed by atoms with Crippen LogP contribution in [0.1, 0.15) is 42.1 Å². The quantitative estimate of drug-likeness (QED) is 0.919. The molecule has 1 atom stereocenters. The van der Waals surface area contributed by atoms with E-state index in [9.17, 15) is 4.79 Å². The van der Waals surface area contributed by atoms with Gasteiger partial charge in [0.2, 0.25) is 5.82 Å². The molecule has 0 aliphatic carbocycles. The number of benzene rings is 1. The normalized spacial score (nSPS) is 19.0. The third-order valence-electron chi connectivity index (χ3n) is 4.63. The molecule has 2 aliphatic rings. The molecule has 1 aromatic heterocycles. The number of carbonyl (C=O) groups excluding carboxylic acids is 1. The number of carbonyl (C=O) groups is 1. The lowest BCUT2D eigenvalue weighted by atomic mass is 10.2. The number of para-hydroxylation sites is 2. The molecule has 2 aromatic rings. The molecular weight excluding hydrogens is 320 g/mol. The van der Waals surface area contributed by atoms with E-state index in [1.165, 1.54) is 6.42 Å². The van der Waals surface area contributed by atoms with Gasteiger partial charge in [0.25, 0.3) is 5.91 Å². The van der Waals surface area contributed by atoms with Gasteiger partial charge in [-0.2, -0.15) is 0 Å². The fourth-order valence-corrected chi connectivity index (χ4v) is 3.28. The summed E-state index contributed by atoms with van der Waals surface area (Å²) in [5.41, 5.74) is 0. The minimum atomic E-state index is -0.169. The van der Waals surface area contributed by atoms with Gasteiger partial charge in [-0.1, -0.05) is 18.6 Å². The van der Waals surface area contributed by atoms with Gasteiger partial charge in [-0.05, 0) is 25.0 Å². The van der Waals surface area contributed by atoms with Crippen LogP contribution < -0.4 is 14.8 Å². The lowest BCUT2D eigenvalue weighted by molar-refractivity contribution is 0.0808. The predicted molar refractivity (Wildman–Crippen MR) is 90.9 cm³/mol. The maximum atomic E-state index is 12.4. The van der Waals surface area contributed by atoms with Crippen LogP contribution in [0.5, 0.6) is 11.5 Å². The van der Waals surface area contributed by atoms with E-state index in [0.29, 0.717) is 25.4 Å². The fraction of sp³-hybridized carbons (Fsp3) is 0.500. The van der Waals surface area contributed by atoms with Crippen LogP contribution in [-0.4, -0.2) is 39.9 Å². The Bertz CT molecular complexity index is 759. The number of nitrogens with one attached hydrogen (secondary N) is 1. The summed E-state index contributed by atoms with van der Waals surface area (Å²) < 4.78 is 13.5. The van der Waals surface area contributed by atoms with Gasteiger partial charge in [-0.25, -0.2) is 0 Å². The molecule has 0 fully saturated rings. The smallest absolute Gasteiger partial charge is 0.289 e. The van der Waals surface area contributed by atoms with E-state index < -0.39 is 0 Å². The highest BCUT2D eigenvalue weighted by molar-refractivity contribution is 5.90. The monoisotopic (exact) mass is 342 g/mol. The van der Waals surface area contributed by atoms with E-state index in [2.05, 4.69) is 15.5 Å². The lowest BCUT2D eigenvalue weighted by Crippen LogP contribution is -2.35. The number of fused-ring (bicyclic) bond motifs is 2. The van der Waals surface area contributed by atoms with Crippen LogP contribution in [0.15, 0.2) is 24.3 Å². The van der Waals surface area contributed by atoms with Gasteiger partial charge in [0, 0.05) is 25.9 Å². The number of ether oxygens (including phenoxy) is 2. The summed E-state index contributed by atoms with van der Waals surface area (Å²) >= 11 is 0. The van der Waals surface area contributed by atoms with Crippen molar-refractivity contribution in [3.8, 4) is 11.5 Å². The van der Waals surface area contributed by atoms with Crippen LogP contribution in [-0.2, 0) is 13.0 Å². The first-order valence-corrected chi connectivity index (χ1v) is 8.90. The van der Waals surface area contributed by atoms with Crippen molar-refractivity contribution in [1.82, 2.24) is 20.1 Å². The van der Waals surface area contributed by atoms with Gasteiger partial charge >= 0.3 is 0 Å². The minimum Gasteiger partial charge on any atom is -0.486 e. The summed E-state index contributed by atoms with van der Waals surface area (Å²) in [7, 11) is 0. The zero-order chi connectivity index (χ0) is 17.1. The molecule has 0 unspecified atom stereocenters. The number of amides is 1. The van der Waals surface area contributed by atoms with Crippen LogP contribution in [0.4, 0.5) is 0 Å². The van der Waals surface area contributed by atoms with Crippen molar-refractivity contribution in [2.75, 3.05) is 13.2 Å². The maximum Gasteiger partial charge on any atom is 0.289 e. The molecule has 1 aromatic carbocycles. The van der Waals surface area contributed by atoms with E-state index in [4.69, 9.17) is 9.47 Å². The van der Waals surface area contributed by atoms with Crippen molar-refractivity contribution in [3.63, 3.8) is 0 Å². The fourth-order valence-electron chi connectivity index (χ4n) is 3.28. The Morgan fingerprint density at radius 2 is 2.08 bits per heavy atom. The third-order valence-corrected chi connectivity index (χ3v) is 4.63. The first-order valence-electron chi connectivity index (χ1n) is 8.90. The minimum absolute atomic E-state index is 0.0642. The molecule has 0 bridgehead atoms. The highest BCUT2D eigenvalue weighted by Gasteiger charge is 2.22. The SMILES string of the molecule is O=C(NCC[C@@H]1COc2ccccc2O1)c1nnc2n1CCCCC2. The van der Waals surface area contributed by atoms with Crippen LogP contribution in [0.3, 0.4) is 0 Å². The Labute approximate surface area is 146 Å². The summed E-state index contributed by atoms with van der Waals surface area (Å²) in [4.78, 5) is 12.4. The Kier molecular flexibility index (Phi) is 4.54. The molecule has 7 nitrogen and oxygen atoms in total. The first-order chi connectivity index (χ1) is 12.3. The van der Waals surface area contributed by atoms with Gasteiger partial charge in [-0.15, -0.1) is 10.2 Å². The number of aryl methyl sites for hydroxylation is 1. The Hall–Kier alpha value is -2.57. The van der Waals surface area contributed by atoms with E-state index in [1.807, 2.05) is 28.8 Å². The molecule has 0 spiro atoms. The van der Waals surface area contributed by atoms with Crippen molar-refractivity contribution >= 4 is 5.91 Å². The number of hydrogen-bond acceptors (Lipinski definition) is 5. The number of hydrogen-bond donors (Lipinski definition) is 1. The van der Waals surface area contributed by atoms with E-state index in [-0.39, 0.29) is 12.0 Å². The molecule has 25 heavy (non-hydrogen) atoms. The van der Waals surface area contributed by atoms with Crippen LogP contribution in [0, 0.1) is 0 Å². The second kappa shape index (κ2) is 7.13. The van der Waals surface area contributed by atoms with Crippen molar-refractivity contribution in [2.24, 2.45) is 0 Å². The molecule has 4 rings (SSSR count). The number of aromatic nitrogens is 3. The second-order valence-electron chi connectivity index (χ2n) is 6.44. The van der Waals surface area contributed by atoms with Gasteiger partial charge in [0.15, 0.2) is 11.5 Å². The molecule has 3 heterocycles. The summed E-state index contributed by atoms with van der Waals surface area (Å²) in [6.07, 6.45) is 4.86. The summed E-state index contributed by atoms with van der Waals surface area (Å²) in [6, 6.07) is 7.63. The zero-order valence-electron chi connectivity index (χ0n) is 14.1. The summed E-state index contributed by atoms with van der Waals surface area (Å²) in [5, 5.41) is 11.2. The van der Waals surface area contributed by atoms with Gasteiger partial charge in [0.1, 0.15) is 18.5 Å². The van der Waals surface area contributed by atoms with Crippen LogP contribution >= 0.6 is 0 Å². The maximum absolute atomic E-state index is 12.4. The highest BCUT2D eigenvalue weighted by Crippen LogP contribution is 2.31. The van der Waals surface area contributed by atoms with Crippen LogP contribution in [0.25, 0.3) is 0 Å².